The van der Waals surface area contributed by atoms with E-state index in [0.717, 1.165) is 0 Å². The van der Waals surface area contributed by atoms with Crippen molar-refractivity contribution in [3.8, 4) is 0 Å². The van der Waals surface area contributed by atoms with E-state index in [9.17, 15) is 22.8 Å². The van der Waals surface area contributed by atoms with Crippen molar-refractivity contribution < 1.29 is 27.5 Å². The van der Waals surface area contributed by atoms with Crippen LogP contribution in [-0.4, -0.2) is 29.6 Å². The highest BCUT2D eigenvalue weighted by Crippen LogP contribution is 2.27. The van der Waals surface area contributed by atoms with Crippen LogP contribution in [0.1, 0.15) is 12.6 Å². The first-order valence-corrected chi connectivity index (χ1v) is 5.84. The molecule has 6 nitrogen and oxygen atoms in total. The van der Waals surface area contributed by atoms with E-state index >= 15 is 0 Å². The Morgan fingerprint density at radius 1 is 1.47 bits per heavy atom. The molecule has 0 spiro atoms. The molecule has 0 bridgehead atoms. The van der Waals surface area contributed by atoms with Gasteiger partial charge >= 0.3 is 18.1 Å². The molecule has 0 atom stereocenters. The number of amides is 1. The quantitative estimate of drug-likeness (QED) is 0.818. The number of alkyl halides is 3. The van der Waals surface area contributed by atoms with Crippen molar-refractivity contribution in [3.63, 3.8) is 0 Å². The molecular weight excluding hydrogens is 287 g/mol. The molecule has 0 radical (unpaired) electrons. The molecule has 0 aliphatic carbocycles. The number of nitrogens with two attached hydrogens (primary N) is 1. The maximum atomic E-state index is 12.0. The van der Waals surface area contributed by atoms with Crippen LogP contribution in [0.2, 0.25) is 0 Å². The van der Waals surface area contributed by atoms with E-state index in [4.69, 9.17) is 5.73 Å². The number of thiazole rings is 1. The standard InChI is InChI=1S/C9H10F3N3O3S/c1-2-18-5(16)3-4-6(13)19-8(14-4)15-7(17)9(10,11)12/h2-3,13H2,1H3,(H,14,15,17). The first-order chi connectivity index (χ1) is 8.74. The fraction of sp³-hybridized carbons (Fsp3) is 0.444. The Balaban J connectivity index is 2.74. The molecular formula is C9H10F3N3O3S. The second-order valence-electron chi connectivity index (χ2n) is 3.26. The third-order valence-electron chi connectivity index (χ3n) is 1.82. The number of carbonyl (C=O) groups excluding carboxylic acids is 2. The average molecular weight is 297 g/mol. The Morgan fingerprint density at radius 2 is 2.11 bits per heavy atom. The summed E-state index contributed by atoms with van der Waals surface area (Å²) in [7, 11) is 0. The molecule has 0 saturated heterocycles. The molecule has 1 aromatic rings. The topological polar surface area (TPSA) is 94.3 Å². The lowest BCUT2D eigenvalue weighted by atomic mass is 10.3. The predicted octanol–water partition coefficient (Wildman–Crippen LogP) is 1.33. The van der Waals surface area contributed by atoms with Crippen molar-refractivity contribution in [2.75, 3.05) is 17.7 Å². The maximum absolute atomic E-state index is 12.0. The number of anilines is 2. The minimum absolute atomic E-state index is 0.0468. The van der Waals surface area contributed by atoms with Crippen LogP contribution in [0.15, 0.2) is 0 Å². The molecule has 0 aromatic carbocycles. The summed E-state index contributed by atoms with van der Waals surface area (Å²) in [5.41, 5.74) is 5.56. The molecule has 106 valence electrons. The molecule has 19 heavy (non-hydrogen) atoms. The van der Waals surface area contributed by atoms with Crippen LogP contribution in [-0.2, 0) is 20.7 Å². The van der Waals surface area contributed by atoms with Crippen LogP contribution in [0.5, 0.6) is 0 Å². The Bertz CT molecular complexity index is 487. The van der Waals surface area contributed by atoms with Crippen molar-refractivity contribution >= 4 is 33.3 Å². The molecule has 3 N–H and O–H groups in total. The number of aromatic nitrogens is 1. The zero-order valence-corrected chi connectivity index (χ0v) is 10.5. The van der Waals surface area contributed by atoms with Crippen molar-refractivity contribution in [1.82, 2.24) is 4.98 Å². The zero-order valence-electron chi connectivity index (χ0n) is 9.71. The lowest BCUT2D eigenvalue weighted by molar-refractivity contribution is -0.167. The summed E-state index contributed by atoms with van der Waals surface area (Å²) in [6.45, 7) is 1.78. The Kier molecular flexibility index (Phi) is 4.70. The number of carbonyl (C=O) groups is 2. The van der Waals surface area contributed by atoms with Crippen LogP contribution >= 0.6 is 11.3 Å². The van der Waals surface area contributed by atoms with Crippen LogP contribution in [0, 0.1) is 0 Å². The van der Waals surface area contributed by atoms with Gasteiger partial charge in [-0.15, -0.1) is 0 Å². The van der Waals surface area contributed by atoms with Gasteiger partial charge in [0.05, 0.1) is 18.7 Å². The van der Waals surface area contributed by atoms with Crippen LogP contribution < -0.4 is 11.1 Å². The van der Waals surface area contributed by atoms with E-state index in [0.29, 0.717) is 11.3 Å². The Morgan fingerprint density at radius 3 is 2.63 bits per heavy atom. The van der Waals surface area contributed by atoms with Gasteiger partial charge in [0.25, 0.3) is 0 Å². The number of hydrogen-bond donors (Lipinski definition) is 2. The number of esters is 1. The SMILES string of the molecule is CCOC(=O)Cc1nc(NC(=O)C(F)(F)F)sc1N. The molecule has 0 fully saturated rings. The highest BCUT2D eigenvalue weighted by Gasteiger charge is 2.39. The molecule has 0 saturated carbocycles. The molecule has 0 unspecified atom stereocenters. The number of ether oxygens (including phenoxy) is 1. The minimum atomic E-state index is -5.01. The maximum Gasteiger partial charge on any atom is 0.471 e. The van der Waals surface area contributed by atoms with Gasteiger partial charge < -0.3 is 10.5 Å². The second kappa shape index (κ2) is 5.87. The number of hydrogen-bond acceptors (Lipinski definition) is 6. The van der Waals surface area contributed by atoms with E-state index in [1.165, 1.54) is 0 Å². The molecule has 0 aliphatic heterocycles. The molecule has 10 heteroatoms. The summed E-state index contributed by atoms with van der Waals surface area (Å²) in [5, 5.41) is 1.29. The van der Waals surface area contributed by atoms with E-state index in [1.807, 2.05) is 0 Å². The summed E-state index contributed by atoms with van der Waals surface area (Å²) in [5.74, 6) is -2.75. The number of halogens is 3. The molecule has 0 aliphatic rings. The zero-order chi connectivity index (χ0) is 14.6. The molecule has 1 heterocycles. The van der Waals surface area contributed by atoms with Gasteiger partial charge in [0.2, 0.25) is 0 Å². The third-order valence-corrected chi connectivity index (χ3v) is 2.66. The van der Waals surface area contributed by atoms with Crippen LogP contribution in [0.4, 0.5) is 23.3 Å². The van der Waals surface area contributed by atoms with E-state index in [-0.39, 0.29) is 28.9 Å². The number of nitrogens with one attached hydrogen (secondary N) is 1. The van der Waals surface area contributed by atoms with Crippen molar-refractivity contribution in [2.45, 2.75) is 19.5 Å². The fourth-order valence-corrected chi connectivity index (χ4v) is 1.80. The molecule has 1 amide bonds. The van der Waals surface area contributed by atoms with Crippen LogP contribution in [0.3, 0.4) is 0 Å². The van der Waals surface area contributed by atoms with Gasteiger partial charge in [0, 0.05) is 0 Å². The van der Waals surface area contributed by atoms with Crippen molar-refractivity contribution in [2.24, 2.45) is 0 Å². The first kappa shape index (κ1) is 15.2. The Labute approximate surface area is 109 Å². The van der Waals surface area contributed by atoms with Gasteiger partial charge in [-0.25, -0.2) is 4.98 Å². The summed E-state index contributed by atoms with van der Waals surface area (Å²) in [6.07, 6.45) is -5.28. The fourth-order valence-electron chi connectivity index (χ4n) is 1.06. The number of nitrogen functional groups attached to an aromatic ring is 1. The van der Waals surface area contributed by atoms with Gasteiger partial charge in [0.1, 0.15) is 5.00 Å². The lowest BCUT2D eigenvalue weighted by Gasteiger charge is -2.04. The summed E-state index contributed by atoms with van der Waals surface area (Å²) in [4.78, 5) is 25.5. The van der Waals surface area contributed by atoms with Crippen LogP contribution in [0.25, 0.3) is 0 Å². The summed E-state index contributed by atoms with van der Waals surface area (Å²) in [6, 6.07) is 0. The third kappa shape index (κ3) is 4.39. The second-order valence-corrected chi connectivity index (χ2v) is 4.29. The largest absolute Gasteiger partial charge is 0.471 e. The normalized spacial score (nSPS) is 11.2. The van der Waals surface area contributed by atoms with Crippen molar-refractivity contribution in [3.05, 3.63) is 5.69 Å². The van der Waals surface area contributed by atoms with Gasteiger partial charge in [0.15, 0.2) is 5.13 Å². The predicted molar refractivity (Wildman–Crippen MR) is 61.5 cm³/mol. The first-order valence-electron chi connectivity index (χ1n) is 5.03. The smallest absolute Gasteiger partial charge is 0.466 e. The van der Waals surface area contributed by atoms with E-state index in [2.05, 4.69) is 9.72 Å². The van der Waals surface area contributed by atoms with Gasteiger partial charge in [-0.3, -0.25) is 14.9 Å². The Hall–Kier alpha value is -1.84. The number of rotatable bonds is 4. The van der Waals surface area contributed by atoms with E-state index in [1.54, 1.807) is 12.2 Å². The van der Waals surface area contributed by atoms with Gasteiger partial charge in [-0.1, -0.05) is 11.3 Å². The average Bonchev–Trinajstić information content (AvgIpc) is 2.58. The lowest BCUT2D eigenvalue weighted by Crippen LogP contribution is -2.29. The van der Waals surface area contributed by atoms with Crippen molar-refractivity contribution in [1.29, 1.82) is 0 Å². The highest BCUT2D eigenvalue weighted by molar-refractivity contribution is 7.19. The monoisotopic (exact) mass is 297 g/mol. The minimum Gasteiger partial charge on any atom is -0.466 e. The molecule has 1 rings (SSSR count). The summed E-state index contributed by atoms with van der Waals surface area (Å²) < 4.78 is 40.7. The summed E-state index contributed by atoms with van der Waals surface area (Å²) >= 11 is 0.646. The van der Waals surface area contributed by atoms with E-state index < -0.39 is 18.1 Å². The number of nitrogens with zero attached hydrogens (tertiary/aromatic N) is 1. The highest BCUT2D eigenvalue weighted by atomic mass is 32.1. The van der Waals surface area contributed by atoms with Gasteiger partial charge in [-0.05, 0) is 6.92 Å². The van der Waals surface area contributed by atoms with Gasteiger partial charge in [-0.2, -0.15) is 13.2 Å². The molecule has 1 aromatic heterocycles.